The Morgan fingerprint density at radius 2 is 1.73 bits per heavy atom. The molecule has 140 valence electrons. The predicted molar refractivity (Wildman–Crippen MR) is 99.4 cm³/mol. The number of hydrogen-bond donors (Lipinski definition) is 1. The van der Waals surface area contributed by atoms with Gasteiger partial charge in [0.15, 0.2) is 0 Å². The highest BCUT2D eigenvalue weighted by molar-refractivity contribution is 7.99. The molecule has 2 amide bonds. The van der Waals surface area contributed by atoms with Crippen LogP contribution >= 0.6 is 0 Å². The van der Waals surface area contributed by atoms with E-state index in [0.717, 1.165) is 37.7 Å². The van der Waals surface area contributed by atoms with Gasteiger partial charge in [-0.3, -0.25) is 9.59 Å². The summed E-state index contributed by atoms with van der Waals surface area (Å²) in [6.45, 7) is 2.93. The zero-order chi connectivity index (χ0) is 18.9. The topological polar surface area (TPSA) is 83.6 Å². The van der Waals surface area contributed by atoms with Crippen LogP contribution in [0.15, 0.2) is 29.8 Å². The molecule has 0 unspecified atom stereocenters. The van der Waals surface area contributed by atoms with Crippen molar-refractivity contribution in [3.63, 3.8) is 0 Å². The summed E-state index contributed by atoms with van der Waals surface area (Å²) in [7, 11) is -4.03. The Balaban J connectivity index is 1.78. The third-order valence-electron chi connectivity index (χ3n) is 5.01. The van der Waals surface area contributed by atoms with E-state index in [1.807, 2.05) is 6.92 Å². The Bertz CT molecular complexity index is 850. The SMILES string of the molecule is CC1=C(c2ccc(C)cc2)S(=O)(=O)N(CC(=O)NC2CCCCC2)C1=O. The smallest absolute Gasteiger partial charge is 0.268 e. The highest BCUT2D eigenvalue weighted by Crippen LogP contribution is 2.35. The molecular weight excluding hydrogens is 352 g/mol. The molecule has 3 rings (SSSR count). The normalized spacial score (nSPS) is 20.5. The van der Waals surface area contributed by atoms with Crippen molar-refractivity contribution in [1.29, 1.82) is 0 Å². The maximum absolute atomic E-state index is 12.9. The molecule has 1 aliphatic heterocycles. The van der Waals surface area contributed by atoms with Crippen LogP contribution in [-0.2, 0) is 19.6 Å². The number of sulfonamides is 1. The monoisotopic (exact) mass is 376 g/mol. The summed E-state index contributed by atoms with van der Waals surface area (Å²) in [4.78, 5) is 24.8. The van der Waals surface area contributed by atoms with Crippen LogP contribution in [0.1, 0.15) is 50.2 Å². The molecule has 1 aromatic rings. The molecule has 0 spiro atoms. The number of rotatable bonds is 4. The van der Waals surface area contributed by atoms with Gasteiger partial charge in [0.05, 0.1) is 0 Å². The minimum atomic E-state index is -4.03. The Morgan fingerprint density at radius 3 is 2.35 bits per heavy atom. The summed E-state index contributed by atoms with van der Waals surface area (Å²) >= 11 is 0. The molecule has 7 heteroatoms. The first kappa shape index (κ1) is 18.6. The second kappa shape index (κ2) is 7.23. The van der Waals surface area contributed by atoms with Crippen molar-refractivity contribution in [3.8, 4) is 0 Å². The Labute approximate surface area is 154 Å². The molecule has 1 aliphatic carbocycles. The molecule has 1 N–H and O–H groups in total. The number of benzene rings is 1. The van der Waals surface area contributed by atoms with Crippen molar-refractivity contribution in [2.45, 2.75) is 52.0 Å². The number of amides is 2. The van der Waals surface area contributed by atoms with Gasteiger partial charge in [0.25, 0.3) is 15.9 Å². The maximum Gasteiger partial charge on any atom is 0.268 e. The fraction of sp³-hybridized carbons (Fsp3) is 0.474. The summed E-state index contributed by atoms with van der Waals surface area (Å²) in [5.74, 6) is -1.05. The van der Waals surface area contributed by atoms with E-state index in [9.17, 15) is 18.0 Å². The lowest BCUT2D eigenvalue weighted by Gasteiger charge is -2.24. The first-order valence-corrected chi connectivity index (χ1v) is 10.4. The summed E-state index contributed by atoms with van der Waals surface area (Å²) in [6.07, 6.45) is 5.08. The van der Waals surface area contributed by atoms with Crippen LogP contribution in [0.5, 0.6) is 0 Å². The molecule has 1 aromatic carbocycles. The third-order valence-corrected chi connectivity index (χ3v) is 6.94. The number of aryl methyl sites for hydroxylation is 1. The molecular formula is C19H24N2O4S. The highest BCUT2D eigenvalue weighted by atomic mass is 32.2. The molecule has 6 nitrogen and oxygen atoms in total. The molecule has 1 fully saturated rings. The number of hydrogen-bond acceptors (Lipinski definition) is 4. The van der Waals surface area contributed by atoms with E-state index in [4.69, 9.17) is 0 Å². The summed E-state index contributed by atoms with van der Waals surface area (Å²) in [5, 5.41) is 2.87. The highest BCUT2D eigenvalue weighted by Gasteiger charge is 2.43. The van der Waals surface area contributed by atoms with Crippen molar-refractivity contribution in [2.75, 3.05) is 6.54 Å². The molecule has 0 bridgehead atoms. The summed E-state index contributed by atoms with van der Waals surface area (Å²) in [6, 6.07) is 7.04. The molecule has 0 radical (unpaired) electrons. The molecule has 0 atom stereocenters. The first-order chi connectivity index (χ1) is 12.3. The lowest BCUT2D eigenvalue weighted by Crippen LogP contribution is -2.45. The molecule has 1 saturated carbocycles. The zero-order valence-corrected chi connectivity index (χ0v) is 15.9. The van der Waals surface area contributed by atoms with Gasteiger partial charge in [0.1, 0.15) is 11.4 Å². The van der Waals surface area contributed by atoms with Crippen molar-refractivity contribution in [2.24, 2.45) is 0 Å². The van der Waals surface area contributed by atoms with Gasteiger partial charge in [-0.15, -0.1) is 0 Å². The summed E-state index contributed by atoms with van der Waals surface area (Å²) < 4.78 is 26.5. The fourth-order valence-electron chi connectivity index (χ4n) is 3.57. The van der Waals surface area contributed by atoms with Crippen LogP contribution in [0, 0.1) is 6.92 Å². The number of carbonyl (C=O) groups excluding carboxylic acids is 2. The van der Waals surface area contributed by atoms with Gasteiger partial charge >= 0.3 is 0 Å². The second-order valence-electron chi connectivity index (χ2n) is 7.04. The first-order valence-electron chi connectivity index (χ1n) is 8.95. The number of nitrogens with one attached hydrogen (secondary N) is 1. The minimum Gasteiger partial charge on any atom is -0.352 e. The molecule has 26 heavy (non-hydrogen) atoms. The number of carbonyl (C=O) groups is 2. The molecule has 2 aliphatic rings. The van der Waals surface area contributed by atoms with Crippen LogP contribution in [0.3, 0.4) is 0 Å². The Hall–Kier alpha value is -2.15. The van der Waals surface area contributed by atoms with E-state index in [0.29, 0.717) is 9.87 Å². The van der Waals surface area contributed by atoms with Gasteiger partial charge in [0.2, 0.25) is 5.91 Å². The van der Waals surface area contributed by atoms with Crippen LogP contribution < -0.4 is 5.32 Å². The van der Waals surface area contributed by atoms with Gasteiger partial charge in [-0.25, -0.2) is 12.7 Å². The van der Waals surface area contributed by atoms with E-state index in [1.54, 1.807) is 24.3 Å². The quantitative estimate of drug-likeness (QED) is 0.874. The van der Waals surface area contributed by atoms with Crippen LogP contribution in [0.4, 0.5) is 0 Å². The zero-order valence-electron chi connectivity index (χ0n) is 15.1. The van der Waals surface area contributed by atoms with E-state index in [-0.39, 0.29) is 16.5 Å². The average Bonchev–Trinajstić information content (AvgIpc) is 2.76. The largest absolute Gasteiger partial charge is 0.352 e. The Morgan fingerprint density at radius 1 is 1.12 bits per heavy atom. The van der Waals surface area contributed by atoms with E-state index < -0.39 is 28.4 Å². The van der Waals surface area contributed by atoms with E-state index in [2.05, 4.69) is 5.32 Å². The average molecular weight is 376 g/mol. The van der Waals surface area contributed by atoms with Gasteiger partial charge in [-0.1, -0.05) is 49.1 Å². The lowest BCUT2D eigenvalue weighted by molar-refractivity contribution is -0.129. The Kier molecular flexibility index (Phi) is 5.18. The van der Waals surface area contributed by atoms with Crippen LogP contribution in [0.2, 0.25) is 0 Å². The molecule has 1 heterocycles. The lowest BCUT2D eigenvalue weighted by atomic mass is 9.95. The van der Waals surface area contributed by atoms with Crippen molar-refractivity contribution >= 4 is 26.7 Å². The third kappa shape index (κ3) is 3.53. The summed E-state index contributed by atoms with van der Waals surface area (Å²) in [5.41, 5.74) is 1.62. The van der Waals surface area contributed by atoms with Gasteiger partial charge < -0.3 is 5.32 Å². The van der Waals surface area contributed by atoms with Gasteiger partial charge in [-0.05, 0) is 32.3 Å². The van der Waals surface area contributed by atoms with Gasteiger partial charge in [-0.2, -0.15) is 0 Å². The van der Waals surface area contributed by atoms with E-state index in [1.165, 1.54) is 6.92 Å². The molecule has 0 aromatic heterocycles. The predicted octanol–water partition coefficient (Wildman–Crippen LogP) is 2.35. The van der Waals surface area contributed by atoms with E-state index >= 15 is 0 Å². The molecule has 0 saturated heterocycles. The van der Waals surface area contributed by atoms with Crippen molar-refractivity contribution in [1.82, 2.24) is 9.62 Å². The van der Waals surface area contributed by atoms with Crippen molar-refractivity contribution in [3.05, 3.63) is 41.0 Å². The second-order valence-corrected chi connectivity index (χ2v) is 8.84. The fourth-order valence-corrected chi connectivity index (χ4v) is 5.35. The minimum absolute atomic E-state index is 0.00651. The number of nitrogens with zero attached hydrogens (tertiary/aromatic N) is 1. The maximum atomic E-state index is 12.9. The van der Waals surface area contributed by atoms with Gasteiger partial charge in [0, 0.05) is 11.6 Å². The van der Waals surface area contributed by atoms with Crippen LogP contribution in [0.25, 0.3) is 4.91 Å². The van der Waals surface area contributed by atoms with Crippen LogP contribution in [-0.4, -0.2) is 37.1 Å². The standard InChI is InChI=1S/C19H24N2O4S/c1-13-8-10-15(11-9-13)18-14(2)19(23)21(26(18,24)25)12-17(22)20-16-6-4-3-5-7-16/h8-11,16H,3-7,12H2,1-2H3,(H,20,22). The van der Waals surface area contributed by atoms with Crippen molar-refractivity contribution < 1.29 is 18.0 Å².